The standard InChI is InChI=1S/C12H11N5O4/c1-3-7-13-11-9(12(18)14-7)10(15-16(11)2)6-4-5-8(21-6)17(19)20/h4-5H,3H2,1-2H3,(H,13,14,18). The SMILES string of the molecule is CCc1nc2c(c(-c3ccc([N+](=O)[O-])o3)nn2C)c(=O)[nH]1. The second kappa shape index (κ2) is 4.54. The first-order chi connectivity index (χ1) is 10.0. The molecule has 108 valence electrons. The lowest BCUT2D eigenvalue weighted by atomic mass is 10.2. The van der Waals surface area contributed by atoms with Crippen molar-refractivity contribution in [2.24, 2.45) is 7.05 Å². The van der Waals surface area contributed by atoms with Crippen LogP contribution in [0.4, 0.5) is 5.88 Å². The minimum absolute atomic E-state index is 0.156. The Morgan fingerprint density at radius 1 is 1.48 bits per heavy atom. The van der Waals surface area contributed by atoms with E-state index in [4.69, 9.17) is 4.42 Å². The van der Waals surface area contributed by atoms with Gasteiger partial charge >= 0.3 is 5.88 Å². The Kier molecular flexibility index (Phi) is 2.82. The van der Waals surface area contributed by atoms with Gasteiger partial charge in [-0.05, 0) is 6.07 Å². The van der Waals surface area contributed by atoms with Gasteiger partial charge in [-0.25, -0.2) is 9.67 Å². The lowest BCUT2D eigenvalue weighted by Gasteiger charge is -1.97. The maximum absolute atomic E-state index is 12.2. The van der Waals surface area contributed by atoms with Crippen molar-refractivity contribution in [1.82, 2.24) is 19.7 Å². The number of furan rings is 1. The molecule has 9 nitrogen and oxygen atoms in total. The highest BCUT2D eigenvalue weighted by Crippen LogP contribution is 2.28. The summed E-state index contributed by atoms with van der Waals surface area (Å²) in [7, 11) is 1.65. The molecule has 21 heavy (non-hydrogen) atoms. The van der Waals surface area contributed by atoms with E-state index >= 15 is 0 Å². The number of nitro groups is 1. The van der Waals surface area contributed by atoms with Crippen LogP contribution in [0.3, 0.4) is 0 Å². The maximum atomic E-state index is 12.2. The molecule has 3 heterocycles. The molecule has 0 amide bonds. The number of rotatable bonds is 3. The Hall–Kier alpha value is -2.97. The highest BCUT2D eigenvalue weighted by molar-refractivity contribution is 5.89. The zero-order valence-electron chi connectivity index (χ0n) is 11.3. The average Bonchev–Trinajstić information content (AvgIpc) is 3.04. The van der Waals surface area contributed by atoms with Crippen molar-refractivity contribution in [3.8, 4) is 11.5 Å². The smallest absolute Gasteiger partial charge is 0.399 e. The third-order valence-corrected chi connectivity index (χ3v) is 3.08. The topological polar surface area (TPSA) is 120 Å². The fraction of sp³-hybridized carbons (Fsp3) is 0.250. The number of hydrogen-bond acceptors (Lipinski definition) is 6. The summed E-state index contributed by atoms with van der Waals surface area (Å²) in [6.45, 7) is 1.87. The van der Waals surface area contributed by atoms with Gasteiger partial charge in [0.25, 0.3) is 5.56 Å². The van der Waals surface area contributed by atoms with E-state index in [2.05, 4.69) is 15.1 Å². The Morgan fingerprint density at radius 2 is 2.24 bits per heavy atom. The molecule has 0 aliphatic heterocycles. The number of nitrogens with zero attached hydrogens (tertiary/aromatic N) is 4. The Balaban J connectivity index is 2.28. The van der Waals surface area contributed by atoms with Crippen molar-refractivity contribution in [2.75, 3.05) is 0 Å². The molecule has 0 aliphatic rings. The summed E-state index contributed by atoms with van der Waals surface area (Å²) in [5, 5.41) is 15.1. The van der Waals surface area contributed by atoms with E-state index < -0.39 is 10.8 Å². The number of aromatic nitrogens is 4. The molecule has 0 spiro atoms. The molecule has 0 atom stereocenters. The molecule has 0 radical (unpaired) electrons. The maximum Gasteiger partial charge on any atom is 0.433 e. The molecule has 0 fully saturated rings. The molecule has 0 aliphatic carbocycles. The fourth-order valence-electron chi connectivity index (χ4n) is 2.09. The molecule has 3 aromatic rings. The van der Waals surface area contributed by atoms with E-state index in [9.17, 15) is 14.9 Å². The van der Waals surface area contributed by atoms with Gasteiger partial charge in [-0.2, -0.15) is 5.10 Å². The lowest BCUT2D eigenvalue weighted by molar-refractivity contribution is -0.401. The summed E-state index contributed by atoms with van der Waals surface area (Å²) in [5.74, 6) is 0.301. The van der Waals surface area contributed by atoms with Crippen LogP contribution in [0.2, 0.25) is 0 Å². The third-order valence-electron chi connectivity index (χ3n) is 3.08. The molecule has 0 aromatic carbocycles. The van der Waals surface area contributed by atoms with E-state index in [1.54, 1.807) is 7.05 Å². The average molecular weight is 289 g/mol. The van der Waals surface area contributed by atoms with Gasteiger partial charge in [0, 0.05) is 13.5 Å². The van der Waals surface area contributed by atoms with Crippen molar-refractivity contribution in [3.63, 3.8) is 0 Å². The first kappa shape index (κ1) is 13.0. The van der Waals surface area contributed by atoms with Crippen LogP contribution in [0.25, 0.3) is 22.5 Å². The molecule has 1 N–H and O–H groups in total. The monoisotopic (exact) mass is 289 g/mol. The molecular weight excluding hydrogens is 278 g/mol. The summed E-state index contributed by atoms with van der Waals surface area (Å²) in [5.41, 5.74) is 0.292. The Morgan fingerprint density at radius 3 is 2.86 bits per heavy atom. The zero-order chi connectivity index (χ0) is 15.1. The first-order valence-corrected chi connectivity index (χ1v) is 6.21. The first-order valence-electron chi connectivity index (χ1n) is 6.21. The fourth-order valence-corrected chi connectivity index (χ4v) is 2.09. The van der Waals surface area contributed by atoms with Crippen molar-refractivity contribution >= 4 is 16.9 Å². The number of fused-ring (bicyclic) bond motifs is 1. The quantitative estimate of drug-likeness (QED) is 0.574. The van der Waals surface area contributed by atoms with Crippen LogP contribution >= 0.6 is 0 Å². The van der Waals surface area contributed by atoms with Gasteiger partial charge in [-0.1, -0.05) is 6.92 Å². The van der Waals surface area contributed by atoms with Crippen LogP contribution in [0, 0.1) is 10.1 Å². The summed E-state index contributed by atoms with van der Waals surface area (Å²) in [6, 6.07) is 2.63. The second-order valence-electron chi connectivity index (χ2n) is 4.43. The summed E-state index contributed by atoms with van der Waals surface area (Å²) < 4.78 is 6.56. The lowest BCUT2D eigenvalue weighted by Crippen LogP contribution is -2.11. The predicted molar refractivity (Wildman–Crippen MR) is 72.9 cm³/mol. The van der Waals surface area contributed by atoms with E-state index in [1.807, 2.05) is 6.92 Å². The Bertz CT molecular complexity index is 904. The Labute approximate surface area is 117 Å². The van der Waals surface area contributed by atoms with Crippen molar-refractivity contribution in [3.05, 3.63) is 38.4 Å². The van der Waals surface area contributed by atoms with E-state index in [1.165, 1.54) is 16.8 Å². The number of H-pyrrole nitrogens is 1. The van der Waals surface area contributed by atoms with E-state index in [0.29, 0.717) is 17.9 Å². The molecule has 3 aromatic heterocycles. The van der Waals surface area contributed by atoms with Crippen LogP contribution in [-0.2, 0) is 13.5 Å². The van der Waals surface area contributed by atoms with Crippen LogP contribution in [-0.4, -0.2) is 24.7 Å². The summed E-state index contributed by atoms with van der Waals surface area (Å²) in [4.78, 5) is 29.2. The number of aryl methyl sites for hydroxylation is 2. The van der Waals surface area contributed by atoms with Crippen molar-refractivity contribution < 1.29 is 9.34 Å². The second-order valence-corrected chi connectivity index (χ2v) is 4.43. The van der Waals surface area contributed by atoms with Crippen LogP contribution in [0.15, 0.2) is 21.3 Å². The molecule has 9 heteroatoms. The highest BCUT2D eigenvalue weighted by Gasteiger charge is 2.21. The van der Waals surface area contributed by atoms with Gasteiger partial charge in [0.15, 0.2) is 11.4 Å². The molecular formula is C12H11N5O4. The van der Waals surface area contributed by atoms with Gasteiger partial charge in [-0.3, -0.25) is 14.9 Å². The van der Waals surface area contributed by atoms with Gasteiger partial charge in [0.05, 0.1) is 6.07 Å². The number of nitrogens with one attached hydrogen (secondary N) is 1. The number of aromatic amines is 1. The predicted octanol–water partition coefficient (Wildman–Crippen LogP) is 1.39. The normalized spacial score (nSPS) is 11.1. The third kappa shape index (κ3) is 1.98. The summed E-state index contributed by atoms with van der Waals surface area (Å²) >= 11 is 0. The van der Waals surface area contributed by atoms with Gasteiger partial charge < -0.3 is 9.40 Å². The van der Waals surface area contributed by atoms with Crippen LogP contribution in [0.1, 0.15) is 12.7 Å². The number of hydrogen-bond donors (Lipinski definition) is 1. The van der Waals surface area contributed by atoms with Crippen molar-refractivity contribution in [2.45, 2.75) is 13.3 Å². The molecule has 0 saturated carbocycles. The van der Waals surface area contributed by atoms with Gasteiger partial charge in [0.2, 0.25) is 0 Å². The summed E-state index contributed by atoms with van der Waals surface area (Å²) in [6.07, 6.45) is 0.581. The van der Waals surface area contributed by atoms with Crippen LogP contribution in [0.5, 0.6) is 0 Å². The largest absolute Gasteiger partial charge is 0.433 e. The van der Waals surface area contributed by atoms with Gasteiger partial charge in [-0.15, -0.1) is 0 Å². The van der Waals surface area contributed by atoms with Gasteiger partial charge in [0.1, 0.15) is 21.8 Å². The molecule has 0 unspecified atom stereocenters. The minimum atomic E-state index is -0.647. The van der Waals surface area contributed by atoms with E-state index in [0.717, 1.165) is 0 Å². The molecule has 3 rings (SSSR count). The van der Waals surface area contributed by atoms with Crippen LogP contribution < -0.4 is 5.56 Å². The minimum Gasteiger partial charge on any atom is -0.399 e. The zero-order valence-corrected chi connectivity index (χ0v) is 11.3. The molecule has 0 bridgehead atoms. The van der Waals surface area contributed by atoms with Crippen molar-refractivity contribution in [1.29, 1.82) is 0 Å². The highest BCUT2D eigenvalue weighted by atomic mass is 16.6. The molecule has 0 saturated heterocycles. The van der Waals surface area contributed by atoms with E-state index in [-0.39, 0.29) is 22.4 Å².